The lowest BCUT2D eigenvalue weighted by Gasteiger charge is -1.98. The van der Waals surface area contributed by atoms with Gasteiger partial charge in [0.1, 0.15) is 5.75 Å². The van der Waals surface area contributed by atoms with E-state index < -0.39 is 4.92 Å². The summed E-state index contributed by atoms with van der Waals surface area (Å²) in [5, 5.41) is 18.9. The van der Waals surface area contributed by atoms with Crippen molar-refractivity contribution in [3.8, 4) is 5.75 Å². The van der Waals surface area contributed by atoms with Crippen LogP contribution in [-0.2, 0) is 0 Å². The van der Waals surface area contributed by atoms with Gasteiger partial charge in [-0.1, -0.05) is 12.2 Å². The normalized spacial score (nSPS) is 22.3. The zero-order chi connectivity index (χ0) is 15.1. The molecular weight excluding hydrogens is 270 g/mol. The minimum Gasteiger partial charge on any atom is -0.497 e. The van der Waals surface area contributed by atoms with Crippen LogP contribution in [0.2, 0.25) is 0 Å². The van der Waals surface area contributed by atoms with Crippen molar-refractivity contribution in [2.75, 3.05) is 7.11 Å². The molecule has 0 aromatic heterocycles. The third-order valence-corrected chi connectivity index (χ3v) is 2.63. The van der Waals surface area contributed by atoms with Crippen molar-refractivity contribution >= 4 is 5.69 Å². The molecule has 0 saturated carbocycles. The summed E-state index contributed by atoms with van der Waals surface area (Å²) < 4.78 is 5.05. The van der Waals surface area contributed by atoms with Gasteiger partial charge in [-0.25, -0.2) is 0 Å². The highest BCUT2D eigenvalue weighted by Crippen LogP contribution is 2.19. The molecule has 6 heteroatoms. The molecule has 0 heterocycles. The number of rotatable bonds is 4. The van der Waals surface area contributed by atoms with Crippen LogP contribution in [0.3, 0.4) is 0 Å². The molecule has 1 aliphatic rings. The molecule has 0 saturated heterocycles. The van der Waals surface area contributed by atoms with Crippen LogP contribution in [0.4, 0.5) is 5.69 Å². The minimum absolute atomic E-state index is 0.00324. The van der Waals surface area contributed by atoms with Crippen molar-refractivity contribution in [1.82, 2.24) is 0 Å². The van der Waals surface area contributed by atoms with E-state index in [4.69, 9.17) is 4.74 Å². The summed E-state index contributed by atoms with van der Waals surface area (Å²) in [5.74, 6) is 0.739. The van der Waals surface area contributed by atoms with E-state index in [1.807, 2.05) is 0 Å². The third-order valence-electron chi connectivity index (χ3n) is 2.63. The summed E-state index contributed by atoms with van der Waals surface area (Å²) in [7, 11) is 1.59. The SMILES string of the molecule is COc1ccc(N=NC2=C/C=C([N+](=O)[O-])\C=C/C=C\2)cc1. The molecule has 1 aromatic rings. The Balaban J connectivity index is 2.17. The lowest BCUT2D eigenvalue weighted by atomic mass is 10.2. The van der Waals surface area contributed by atoms with E-state index in [1.54, 1.807) is 55.7 Å². The van der Waals surface area contributed by atoms with Crippen LogP contribution in [0, 0.1) is 10.1 Å². The first-order valence-electron chi connectivity index (χ1n) is 6.16. The van der Waals surface area contributed by atoms with Gasteiger partial charge < -0.3 is 4.74 Å². The highest BCUT2D eigenvalue weighted by atomic mass is 16.6. The van der Waals surface area contributed by atoms with Crippen LogP contribution in [0.5, 0.6) is 5.75 Å². The number of methoxy groups -OCH3 is 1. The monoisotopic (exact) mass is 283 g/mol. The fourth-order valence-electron chi connectivity index (χ4n) is 1.54. The Bertz CT molecular complexity index is 668. The van der Waals surface area contributed by atoms with Crippen molar-refractivity contribution in [2.24, 2.45) is 10.2 Å². The second-order valence-corrected chi connectivity index (χ2v) is 4.06. The zero-order valence-electron chi connectivity index (χ0n) is 11.3. The van der Waals surface area contributed by atoms with Crippen LogP contribution >= 0.6 is 0 Å². The number of nitrogens with zero attached hydrogens (tertiary/aromatic N) is 3. The summed E-state index contributed by atoms with van der Waals surface area (Å²) in [5.41, 5.74) is 1.19. The molecule has 0 radical (unpaired) electrons. The molecule has 106 valence electrons. The number of allylic oxidation sites excluding steroid dienone is 6. The van der Waals surface area contributed by atoms with Crippen molar-refractivity contribution in [3.05, 3.63) is 82.2 Å². The van der Waals surface area contributed by atoms with E-state index in [0.717, 1.165) is 5.75 Å². The molecule has 0 unspecified atom stereocenters. The van der Waals surface area contributed by atoms with E-state index in [0.29, 0.717) is 11.4 Å². The number of ether oxygens (including phenoxy) is 1. The topological polar surface area (TPSA) is 77.1 Å². The Hall–Kier alpha value is -3.02. The van der Waals surface area contributed by atoms with Crippen LogP contribution in [0.1, 0.15) is 0 Å². The van der Waals surface area contributed by atoms with Gasteiger partial charge in [-0.05, 0) is 36.4 Å². The minimum atomic E-state index is -0.454. The van der Waals surface area contributed by atoms with Crippen LogP contribution in [0.15, 0.2) is 82.3 Å². The maximum atomic E-state index is 10.7. The summed E-state index contributed by atoms with van der Waals surface area (Å²) in [6, 6.07) is 7.11. The Morgan fingerprint density at radius 1 is 1.05 bits per heavy atom. The Kier molecular flexibility index (Phi) is 4.76. The van der Waals surface area contributed by atoms with Gasteiger partial charge in [0.15, 0.2) is 0 Å². The van der Waals surface area contributed by atoms with Gasteiger partial charge in [0.25, 0.3) is 5.70 Å². The Morgan fingerprint density at radius 3 is 2.43 bits per heavy atom. The van der Waals surface area contributed by atoms with Gasteiger partial charge >= 0.3 is 0 Å². The van der Waals surface area contributed by atoms with Crippen molar-refractivity contribution in [1.29, 1.82) is 0 Å². The second kappa shape index (κ2) is 6.95. The predicted octanol–water partition coefficient (Wildman–Crippen LogP) is 3.95. The average molecular weight is 283 g/mol. The largest absolute Gasteiger partial charge is 0.497 e. The quantitative estimate of drug-likeness (QED) is 0.477. The number of hydrogen-bond donors (Lipinski definition) is 0. The molecule has 0 N–H and O–H groups in total. The van der Waals surface area contributed by atoms with Gasteiger partial charge in [-0.3, -0.25) is 10.1 Å². The maximum absolute atomic E-state index is 10.7. The lowest BCUT2D eigenvalue weighted by Crippen LogP contribution is -1.95. The molecule has 0 amide bonds. The number of nitro groups is 1. The van der Waals surface area contributed by atoms with Gasteiger partial charge in [0.05, 0.1) is 23.4 Å². The van der Waals surface area contributed by atoms with Gasteiger partial charge in [-0.15, -0.1) is 0 Å². The standard InChI is InChI=1S/C15H13N3O3/c1-21-15-10-7-13(8-11-15)17-16-12-4-2-3-5-14(9-6-12)18(19)20/h2-11H,1H3/b3-2?,4-2-,5-3-,9-6?,12-4?,12-6+,14-5?,14-9+,17-16?. The van der Waals surface area contributed by atoms with E-state index >= 15 is 0 Å². The van der Waals surface area contributed by atoms with E-state index in [9.17, 15) is 10.1 Å². The highest BCUT2D eigenvalue weighted by molar-refractivity contribution is 5.41. The maximum Gasteiger partial charge on any atom is 0.269 e. The molecule has 1 aliphatic carbocycles. The van der Waals surface area contributed by atoms with Crippen molar-refractivity contribution in [2.45, 2.75) is 0 Å². The average Bonchev–Trinajstić information content (AvgIpc) is 2.46. The Labute approximate surface area is 121 Å². The van der Waals surface area contributed by atoms with Gasteiger partial charge in [0.2, 0.25) is 0 Å². The fraction of sp³-hybridized carbons (Fsp3) is 0.0667. The predicted molar refractivity (Wildman–Crippen MR) is 79.0 cm³/mol. The molecule has 0 bridgehead atoms. The van der Waals surface area contributed by atoms with E-state index in [1.165, 1.54) is 12.2 Å². The van der Waals surface area contributed by atoms with Crippen LogP contribution in [0.25, 0.3) is 0 Å². The number of hydrogen-bond acceptors (Lipinski definition) is 5. The summed E-state index contributed by atoms with van der Waals surface area (Å²) in [6.07, 6.45) is 9.34. The first kappa shape index (κ1) is 14.4. The van der Waals surface area contributed by atoms with E-state index in [2.05, 4.69) is 10.2 Å². The lowest BCUT2D eigenvalue weighted by molar-refractivity contribution is -0.419. The molecule has 1 aromatic carbocycles. The Morgan fingerprint density at radius 2 is 1.76 bits per heavy atom. The molecule has 6 nitrogen and oxygen atoms in total. The number of benzene rings is 1. The fourth-order valence-corrected chi connectivity index (χ4v) is 1.54. The highest BCUT2D eigenvalue weighted by Gasteiger charge is 2.04. The smallest absolute Gasteiger partial charge is 0.269 e. The van der Waals surface area contributed by atoms with Gasteiger partial charge in [0, 0.05) is 12.2 Å². The molecule has 0 aliphatic heterocycles. The van der Waals surface area contributed by atoms with Gasteiger partial charge in [-0.2, -0.15) is 10.2 Å². The molecule has 0 fully saturated rings. The van der Waals surface area contributed by atoms with Crippen molar-refractivity contribution < 1.29 is 9.66 Å². The van der Waals surface area contributed by atoms with E-state index in [-0.39, 0.29) is 5.70 Å². The molecule has 2 rings (SSSR count). The number of azo groups is 1. The van der Waals surface area contributed by atoms with Crippen LogP contribution in [-0.4, -0.2) is 12.0 Å². The van der Waals surface area contributed by atoms with Crippen LogP contribution < -0.4 is 4.74 Å². The molecule has 0 spiro atoms. The zero-order valence-corrected chi connectivity index (χ0v) is 11.3. The first-order chi connectivity index (χ1) is 10.2. The summed E-state index contributed by atoms with van der Waals surface area (Å²) in [6.45, 7) is 0. The summed E-state index contributed by atoms with van der Waals surface area (Å²) >= 11 is 0. The molecule has 0 atom stereocenters. The van der Waals surface area contributed by atoms with Crippen molar-refractivity contribution in [3.63, 3.8) is 0 Å². The third kappa shape index (κ3) is 4.24. The second-order valence-electron chi connectivity index (χ2n) is 4.06. The molecular formula is C15H13N3O3. The molecule has 21 heavy (non-hydrogen) atoms. The first-order valence-corrected chi connectivity index (χ1v) is 6.16. The summed E-state index contributed by atoms with van der Waals surface area (Å²) in [4.78, 5) is 10.3.